The zero-order valence-corrected chi connectivity index (χ0v) is 23.3. The third kappa shape index (κ3) is 6.17. The Balaban J connectivity index is 1.67. The van der Waals surface area contributed by atoms with Crippen LogP contribution < -0.4 is 15.8 Å². The average Bonchev–Trinajstić information content (AvgIpc) is 2.93. The van der Waals surface area contributed by atoms with Crippen LogP contribution >= 0.6 is 0 Å². The highest BCUT2D eigenvalue weighted by Gasteiger charge is 2.35. The Morgan fingerprint density at radius 1 is 1.10 bits per heavy atom. The van der Waals surface area contributed by atoms with Crippen molar-refractivity contribution in [2.24, 2.45) is 0 Å². The van der Waals surface area contributed by atoms with Gasteiger partial charge in [-0.15, -0.1) is 0 Å². The lowest BCUT2D eigenvalue weighted by molar-refractivity contribution is -0.129. The van der Waals surface area contributed by atoms with Crippen molar-refractivity contribution in [2.45, 2.75) is 32.4 Å². The minimum absolute atomic E-state index is 0.0124. The van der Waals surface area contributed by atoms with Gasteiger partial charge in [0.2, 0.25) is 5.91 Å². The van der Waals surface area contributed by atoms with E-state index in [1.54, 1.807) is 64.3 Å². The highest BCUT2D eigenvalue weighted by Crippen LogP contribution is 2.35. The number of carbonyl (C=O) groups excluding carboxylic acids is 1. The number of aryl methyl sites for hydroxylation is 1. The molecule has 0 aliphatic carbocycles. The summed E-state index contributed by atoms with van der Waals surface area (Å²) in [6.45, 7) is 1.74. The molecule has 0 saturated carbocycles. The van der Waals surface area contributed by atoms with Crippen LogP contribution in [0.3, 0.4) is 0 Å². The molecule has 216 valence electrons. The summed E-state index contributed by atoms with van der Waals surface area (Å²) in [5, 5.41) is 12.7. The van der Waals surface area contributed by atoms with Crippen LogP contribution in [0.1, 0.15) is 29.9 Å². The first-order valence-corrected chi connectivity index (χ1v) is 12.8. The maximum Gasteiger partial charge on any atom is 0.298 e. The second-order valence-corrected chi connectivity index (χ2v) is 9.96. The Labute approximate surface area is 234 Å². The lowest BCUT2D eigenvalue weighted by Crippen LogP contribution is -2.31. The number of aliphatic hydroxyl groups is 1. The second-order valence-electron chi connectivity index (χ2n) is 9.96. The first-order valence-electron chi connectivity index (χ1n) is 12.8. The molecule has 0 bridgehead atoms. The lowest BCUT2D eigenvalue weighted by atomic mass is 10.00. The van der Waals surface area contributed by atoms with Crippen molar-refractivity contribution < 1.29 is 23.1 Å². The summed E-state index contributed by atoms with van der Waals surface area (Å²) in [5.41, 5.74) is 0.647. The van der Waals surface area contributed by atoms with Gasteiger partial charge in [0.1, 0.15) is 30.6 Å². The minimum Gasteiger partial charge on any atom is -0.390 e. The van der Waals surface area contributed by atoms with Gasteiger partial charge in [0, 0.05) is 55.7 Å². The van der Waals surface area contributed by atoms with E-state index in [9.17, 15) is 18.4 Å². The van der Waals surface area contributed by atoms with Crippen LogP contribution in [0, 0.1) is 12.7 Å². The van der Waals surface area contributed by atoms with Crippen LogP contribution in [0.4, 0.5) is 30.4 Å². The zero-order chi connectivity index (χ0) is 30.1. The van der Waals surface area contributed by atoms with Gasteiger partial charge in [-0.2, -0.15) is 8.78 Å². The van der Waals surface area contributed by atoms with Gasteiger partial charge in [0.25, 0.3) is 11.5 Å². The second kappa shape index (κ2) is 11.6. The summed E-state index contributed by atoms with van der Waals surface area (Å²) in [6.07, 6.45) is 1.56. The molecule has 0 spiro atoms. The van der Waals surface area contributed by atoms with E-state index in [1.165, 1.54) is 27.7 Å². The Morgan fingerprint density at radius 3 is 2.46 bits per heavy atom. The van der Waals surface area contributed by atoms with E-state index in [2.05, 4.69) is 15.3 Å². The number of hydrogen-bond acceptors (Lipinski definition) is 7. The van der Waals surface area contributed by atoms with Gasteiger partial charge in [-0.25, -0.2) is 14.4 Å². The minimum atomic E-state index is -3.72. The van der Waals surface area contributed by atoms with Crippen LogP contribution in [0.15, 0.2) is 59.5 Å². The molecular formula is C29H31F3N6O3. The first kappa shape index (κ1) is 29.5. The average molecular weight is 569 g/mol. The van der Waals surface area contributed by atoms with Crippen LogP contribution in [-0.2, 0) is 17.3 Å². The van der Waals surface area contributed by atoms with Gasteiger partial charge in [0.15, 0.2) is 0 Å². The standard InChI is InChI=1S/C29H31F3N6O3/c1-17(21-7-6-8-23(27(21)30)29(31,32)16-39)33-28-22-13-19(9-10-24(22)34-18(2)35-28)37(5)20-11-12-38(25(40)14-20)15-26(41)36(3)4/h6-14,17,39H,15-16H2,1-5H3,(H,33,34,35)/t17-/m1/s1. The molecule has 0 unspecified atom stereocenters. The molecule has 1 amide bonds. The maximum atomic E-state index is 15.1. The number of fused-ring (bicyclic) bond motifs is 1. The number of aromatic nitrogens is 3. The van der Waals surface area contributed by atoms with E-state index in [1.807, 2.05) is 6.07 Å². The van der Waals surface area contributed by atoms with Gasteiger partial charge < -0.3 is 24.8 Å². The molecule has 9 nitrogen and oxygen atoms in total. The van der Waals surface area contributed by atoms with Crippen molar-refractivity contribution in [2.75, 3.05) is 38.0 Å². The number of aliphatic hydroxyl groups excluding tert-OH is 1. The number of hydrogen-bond donors (Lipinski definition) is 2. The summed E-state index contributed by atoms with van der Waals surface area (Å²) >= 11 is 0. The van der Waals surface area contributed by atoms with Gasteiger partial charge in [-0.1, -0.05) is 12.1 Å². The number of likely N-dealkylation sites (N-methyl/N-ethyl adjacent to an activating group) is 1. The Kier molecular flexibility index (Phi) is 8.34. The molecule has 0 aliphatic heterocycles. The van der Waals surface area contributed by atoms with Crippen molar-refractivity contribution in [3.63, 3.8) is 0 Å². The zero-order valence-electron chi connectivity index (χ0n) is 23.3. The molecule has 0 radical (unpaired) electrons. The summed E-state index contributed by atoms with van der Waals surface area (Å²) < 4.78 is 44.6. The Hall–Kier alpha value is -4.45. The predicted molar refractivity (Wildman–Crippen MR) is 151 cm³/mol. The largest absolute Gasteiger partial charge is 0.390 e. The van der Waals surface area contributed by atoms with Gasteiger partial charge >= 0.3 is 0 Å². The molecule has 2 aromatic heterocycles. The van der Waals surface area contributed by atoms with Crippen molar-refractivity contribution in [3.8, 4) is 0 Å². The van der Waals surface area contributed by atoms with Crippen LogP contribution in [0.5, 0.6) is 0 Å². The summed E-state index contributed by atoms with van der Waals surface area (Å²) in [5.74, 6) is -4.22. The van der Waals surface area contributed by atoms with Gasteiger partial charge in [0.05, 0.1) is 17.1 Å². The van der Waals surface area contributed by atoms with Crippen molar-refractivity contribution in [1.29, 1.82) is 0 Å². The van der Waals surface area contributed by atoms with Crippen LogP contribution in [-0.4, -0.2) is 58.2 Å². The summed E-state index contributed by atoms with van der Waals surface area (Å²) in [6, 6.07) is 11.5. The lowest BCUT2D eigenvalue weighted by Gasteiger charge is -2.22. The molecule has 2 aromatic carbocycles. The number of benzene rings is 2. The summed E-state index contributed by atoms with van der Waals surface area (Å²) in [7, 11) is 5.01. The number of carbonyl (C=O) groups is 1. The highest BCUT2D eigenvalue weighted by atomic mass is 19.3. The third-order valence-corrected chi connectivity index (χ3v) is 6.79. The van der Waals surface area contributed by atoms with Crippen LogP contribution in [0.25, 0.3) is 10.9 Å². The van der Waals surface area contributed by atoms with Crippen molar-refractivity contribution in [1.82, 2.24) is 19.4 Å². The molecular weight excluding hydrogens is 537 g/mol. The Bertz CT molecular complexity index is 1660. The van der Waals surface area contributed by atoms with Crippen molar-refractivity contribution >= 4 is 34.0 Å². The first-order chi connectivity index (χ1) is 19.3. The fourth-order valence-corrected chi connectivity index (χ4v) is 4.36. The number of amides is 1. The molecule has 0 aliphatic rings. The quantitative estimate of drug-likeness (QED) is 0.309. The van der Waals surface area contributed by atoms with Crippen molar-refractivity contribution in [3.05, 3.63) is 87.9 Å². The normalized spacial score (nSPS) is 12.3. The molecule has 2 N–H and O–H groups in total. The predicted octanol–water partition coefficient (Wildman–Crippen LogP) is 4.35. The fourth-order valence-electron chi connectivity index (χ4n) is 4.36. The van der Waals surface area contributed by atoms with E-state index in [-0.39, 0.29) is 23.6 Å². The smallest absolute Gasteiger partial charge is 0.298 e. The van der Waals surface area contributed by atoms with E-state index in [0.717, 1.165) is 6.07 Å². The van der Waals surface area contributed by atoms with Crippen LogP contribution in [0.2, 0.25) is 0 Å². The van der Waals surface area contributed by atoms with E-state index in [4.69, 9.17) is 5.11 Å². The molecule has 41 heavy (non-hydrogen) atoms. The molecule has 1 atom stereocenters. The molecule has 2 heterocycles. The van der Waals surface area contributed by atoms with E-state index < -0.39 is 30.0 Å². The molecule has 12 heteroatoms. The number of nitrogens with zero attached hydrogens (tertiary/aromatic N) is 5. The number of pyridine rings is 1. The topological polar surface area (TPSA) is 104 Å². The van der Waals surface area contributed by atoms with E-state index >= 15 is 4.39 Å². The number of nitrogens with one attached hydrogen (secondary N) is 1. The van der Waals surface area contributed by atoms with Gasteiger partial charge in [-0.05, 0) is 44.2 Å². The third-order valence-electron chi connectivity index (χ3n) is 6.79. The number of halogens is 3. The monoisotopic (exact) mass is 568 g/mol. The summed E-state index contributed by atoms with van der Waals surface area (Å²) in [4.78, 5) is 36.8. The van der Waals surface area contributed by atoms with E-state index in [0.29, 0.717) is 33.9 Å². The SMILES string of the molecule is Cc1nc(N[C@H](C)c2cccc(C(F)(F)CO)c2F)c2cc(N(C)c3ccn(CC(=O)N(C)C)c(=O)c3)ccc2n1. The number of alkyl halides is 2. The molecule has 4 rings (SSSR count). The fraction of sp³-hybridized carbons (Fsp3) is 0.310. The Morgan fingerprint density at radius 2 is 1.80 bits per heavy atom. The molecule has 0 saturated heterocycles. The molecule has 4 aromatic rings. The maximum absolute atomic E-state index is 15.1. The number of anilines is 3. The molecule has 0 fully saturated rings. The number of rotatable bonds is 9. The highest BCUT2D eigenvalue weighted by molar-refractivity contribution is 5.92. The van der Waals surface area contributed by atoms with Gasteiger partial charge in [-0.3, -0.25) is 9.59 Å².